The van der Waals surface area contributed by atoms with Crippen molar-refractivity contribution in [3.63, 3.8) is 0 Å². The van der Waals surface area contributed by atoms with Crippen LogP contribution in [0.5, 0.6) is 0 Å². The highest BCUT2D eigenvalue weighted by Gasteiger charge is 2.21. The van der Waals surface area contributed by atoms with Crippen LogP contribution in [0.2, 0.25) is 0 Å². The Kier molecular flexibility index (Phi) is 5.05. The molecule has 0 unspecified atom stereocenters. The molecule has 0 N–H and O–H groups in total. The summed E-state index contributed by atoms with van der Waals surface area (Å²) < 4.78 is 16.3. The van der Waals surface area contributed by atoms with Gasteiger partial charge in [0.25, 0.3) is 5.56 Å². The number of aromatic nitrogens is 4. The van der Waals surface area contributed by atoms with Crippen LogP contribution in [0, 0.1) is 12.7 Å². The third kappa shape index (κ3) is 3.57. The standard InChI is InChI=1S/C24H22FN5O2/c1-16-27-23-21(14-26-30(23)20-8-6-19(25)7-9-20)24(32)29(16)13-11-22(31)28-12-10-17-4-2-3-5-18(17)15-28/h2-9,14H,10-13,15H2,1H3. The summed E-state index contributed by atoms with van der Waals surface area (Å²) >= 11 is 0. The highest BCUT2D eigenvalue weighted by molar-refractivity contribution is 5.77. The van der Waals surface area contributed by atoms with E-state index in [0.29, 0.717) is 35.6 Å². The maximum atomic E-state index is 13.3. The molecule has 0 spiro atoms. The molecule has 0 saturated heterocycles. The van der Waals surface area contributed by atoms with Crippen molar-refractivity contribution in [3.8, 4) is 5.69 Å². The Morgan fingerprint density at radius 3 is 2.62 bits per heavy atom. The SMILES string of the molecule is Cc1nc2c(cnn2-c2ccc(F)cc2)c(=O)n1CCC(=O)N1CCc2ccccc2C1. The van der Waals surface area contributed by atoms with Crippen molar-refractivity contribution in [2.24, 2.45) is 0 Å². The van der Waals surface area contributed by atoms with Gasteiger partial charge in [-0.25, -0.2) is 14.1 Å². The number of aryl methyl sites for hydroxylation is 1. The van der Waals surface area contributed by atoms with Gasteiger partial charge >= 0.3 is 0 Å². The predicted molar refractivity (Wildman–Crippen MR) is 118 cm³/mol. The molecular weight excluding hydrogens is 409 g/mol. The predicted octanol–water partition coefficient (Wildman–Crippen LogP) is 3.00. The minimum atomic E-state index is -0.349. The van der Waals surface area contributed by atoms with Gasteiger partial charge < -0.3 is 4.90 Å². The molecule has 4 aromatic rings. The second kappa shape index (κ2) is 8.03. The smallest absolute Gasteiger partial charge is 0.264 e. The van der Waals surface area contributed by atoms with Gasteiger partial charge in [0.15, 0.2) is 5.65 Å². The normalized spacial score (nSPS) is 13.4. The maximum Gasteiger partial charge on any atom is 0.264 e. The van der Waals surface area contributed by atoms with Crippen LogP contribution in [0.3, 0.4) is 0 Å². The largest absolute Gasteiger partial charge is 0.338 e. The lowest BCUT2D eigenvalue weighted by molar-refractivity contribution is -0.132. The second-order valence-electron chi connectivity index (χ2n) is 7.97. The molecule has 7 nitrogen and oxygen atoms in total. The van der Waals surface area contributed by atoms with E-state index in [0.717, 1.165) is 6.42 Å². The minimum Gasteiger partial charge on any atom is -0.338 e. The number of benzene rings is 2. The molecule has 1 aliphatic rings. The summed E-state index contributed by atoms with van der Waals surface area (Å²) in [4.78, 5) is 32.3. The van der Waals surface area contributed by atoms with E-state index >= 15 is 0 Å². The van der Waals surface area contributed by atoms with E-state index in [2.05, 4.69) is 22.2 Å². The van der Waals surface area contributed by atoms with Crippen LogP contribution in [0.1, 0.15) is 23.4 Å². The summed E-state index contributed by atoms with van der Waals surface area (Å²) in [6.07, 6.45) is 2.53. The van der Waals surface area contributed by atoms with Crippen molar-refractivity contribution in [1.82, 2.24) is 24.2 Å². The quantitative estimate of drug-likeness (QED) is 0.498. The molecule has 1 aliphatic heterocycles. The zero-order valence-electron chi connectivity index (χ0n) is 17.7. The van der Waals surface area contributed by atoms with Crippen molar-refractivity contribution in [2.45, 2.75) is 32.9 Å². The van der Waals surface area contributed by atoms with Crippen molar-refractivity contribution in [2.75, 3.05) is 6.54 Å². The molecule has 162 valence electrons. The van der Waals surface area contributed by atoms with E-state index in [1.54, 1.807) is 19.1 Å². The molecule has 2 aromatic carbocycles. The zero-order chi connectivity index (χ0) is 22.2. The number of fused-ring (bicyclic) bond motifs is 2. The van der Waals surface area contributed by atoms with E-state index in [-0.39, 0.29) is 30.2 Å². The average molecular weight is 431 g/mol. The number of hydrogen-bond acceptors (Lipinski definition) is 4. The van der Waals surface area contributed by atoms with Gasteiger partial charge in [-0.1, -0.05) is 24.3 Å². The summed E-state index contributed by atoms with van der Waals surface area (Å²) in [7, 11) is 0. The fourth-order valence-electron chi connectivity index (χ4n) is 4.22. The Labute approximate surface area is 183 Å². The van der Waals surface area contributed by atoms with Crippen molar-refractivity contribution >= 4 is 16.9 Å². The van der Waals surface area contributed by atoms with E-state index in [1.165, 1.54) is 38.7 Å². The highest BCUT2D eigenvalue weighted by atomic mass is 19.1. The summed E-state index contributed by atoms with van der Waals surface area (Å²) in [6.45, 7) is 3.28. The van der Waals surface area contributed by atoms with E-state index in [4.69, 9.17) is 0 Å². The Morgan fingerprint density at radius 1 is 1.09 bits per heavy atom. The Balaban J connectivity index is 1.36. The van der Waals surface area contributed by atoms with E-state index in [1.807, 2.05) is 17.0 Å². The maximum absolute atomic E-state index is 13.3. The fourth-order valence-corrected chi connectivity index (χ4v) is 4.22. The third-order valence-corrected chi connectivity index (χ3v) is 5.98. The van der Waals surface area contributed by atoms with Crippen LogP contribution < -0.4 is 5.56 Å². The Morgan fingerprint density at radius 2 is 1.84 bits per heavy atom. The first-order valence-corrected chi connectivity index (χ1v) is 10.6. The van der Waals surface area contributed by atoms with Crippen molar-refractivity contribution < 1.29 is 9.18 Å². The molecule has 0 bridgehead atoms. The molecule has 8 heteroatoms. The number of rotatable bonds is 4. The van der Waals surface area contributed by atoms with Gasteiger partial charge in [0.2, 0.25) is 5.91 Å². The lowest BCUT2D eigenvalue weighted by atomic mass is 10.00. The third-order valence-electron chi connectivity index (χ3n) is 5.98. The van der Waals surface area contributed by atoms with Crippen LogP contribution in [0.4, 0.5) is 4.39 Å². The number of carbonyl (C=O) groups is 1. The van der Waals surface area contributed by atoms with E-state index in [9.17, 15) is 14.0 Å². The first-order chi connectivity index (χ1) is 15.5. The molecule has 5 rings (SSSR count). The highest BCUT2D eigenvalue weighted by Crippen LogP contribution is 2.19. The van der Waals surface area contributed by atoms with Gasteiger partial charge in [-0.2, -0.15) is 5.10 Å². The molecule has 0 fully saturated rings. The van der Waals surface area contributed by atoms with Crippen LogP contribution in [0.15, 0.2) is 59.5 Å². The van der Waals surface area contributed by atoms with Crippen LogP contribution in [0.25, 0.3) is 16.7 Å². The molecular formula is C24H22FN5O2. The fraction of sp³-hybridized carbons (Fsp3) is 0.250. The van der Waals surface area contributed by atoms with Gasteiger partial charge in [0.1, 0.15) is 17.0 Å². The summed E-state index contributed by atoms with van der Waals surface area (Å²) in [5.74, 6) is 0.176. The van der Waals surface area contributed by atoms with Crippen LogP contribution in [-0.2, 0) is 24.3 Å². The molecule has 0 aliphatic carbocycles. The molecule has 32 heavy (non-hydrogen) atoms. The van der Waals surface area contributed by atoms with Crippen molar-refractivity contribution in [1.29, 1.82) is 0 Å². The second-order valence-corrected chi connectivity index (χ2v) is 7.97. The van der Waals surface area contributed by atoms with Gasteiger partial charge in [-0.3, -0.25) is 14.2 Å². The molecule has 3 heterocycles. The van der Waals surface area contributed by atoms with Crippen molar-refractivity contribution in [3.05, 3.63) is 87.9 Å². The summed E-state index contributed by atoms with van der Waals surface area (Å²) in [6, 6.07) is 14.0. The Bertz CT molecular complexity index is 1370. The average Bonchev–Trinajstić information content (AvgIpc) is 3.23. The summed E-state index contributed by atoms with van der Waals surface area (Å²) in [5.41, 5.74) is 3.26. The molecule has 2 aromatic heterocycles. The van der Waals surface area contributed by atoms with Gasteiger partial charge in [0.05, 0.1) is 11.9 Å². The lowest BCUT2D eigenvalue weighted by Crippen LogP contribution is -2.37. The number of halogens is 1. The minimum absolute atomic E-state index is 0.0212. The van der Waals surface area contributed by atoms with Crippen LogP contribution >= 0.6 is 0 Å². The molecule has 0 radical (unpaired) electrons. The number of nitrogens with zero attached hydrogens (tertiary/aromatic N) is 5. The molecule has 1 amide bonds. The number of carbonyl (C=O) groups excluding carboxylic acids is 1. The Hall–Kier alpha value is -3.81. The monoisotopic (exact) mass is 431 g/mol. The molecule has 0 saturated carbocycles. The summed E-state index contributed by atoms with van der Waals surface area (Å²) in [5, 5.41) is 4.63. The van der Waals surface area contributed by atoms with Gasteiger partial charge in [-0.05, 0) is 48.7 Å². The van der Waals surface area contributed by atoms with Gasteiger partial charge in [0, 0.05) is 26.1 Å². The first-order valence-electron chi connectivity index (χ1n) is 10.6. The van der Waals surface area contributed by atoms with Crippen LogP contribution in [-0.4, -0.2) is 36.7 Å². The number of amides is 1. The first kappa shape index (κ1) is 20.1. The lowest BCUT2D eigenvalue weighted by Gasteiger charge is -2.29. The zero-order valence-corrected chi connectivity index (χ0v) is 17.7. The topological polar surface area (TPSA) is 73.0 Å². The van der Waals surface area contributed by atoms with E-state index < -0.39 is 0 Å². The van der Waals surface area contributed by atoms with Gasteiger partial charge in [-0.15, -0.1) is 0 Å². The number of hydrogen-bond donors (Lipinski definition) is 0. The molecule has 0 atom stereocenters.